The van der Waals surface area contributed by atoms with Gasteiger partial charge in [0.25, 0.3) is 5.91 Å². The fraction of sp³-hybridized carbons (Fsp3) is 0.231. The van der Waals surface area contributed by atoms with E-state index in [1.807, 2.05) is 0 Å². The topological polar surface area (TPSA) is 56.1 Å². The SMILES string of the molecule is COc1ccc(Cl)cc1C(=O)NCc1c(Cl)cnn1C. The first-order valence-electron chi connectivity index (χ1n) is 5.81. The van der Waals surface area contributed by atoms with E-state index in [4.69, 9.17) is 27.9 Å². The monoisotopic (exact) mass is 313 g/mol. The molecule has 2 aromatic rings. The normalized spacial score (nSPS) is 10.4. The van der Waals surface area contributed by atoms with E-state index in [1.165, 1.54) is 13.3 Å². The predicted molar refractivity (Wildman–Crippen MR) is 77.4 cm³/mol. The van der Waals surface area contributed by atoms with Crippen LogP contribution in [0.4, 0.5) is 0 Å². The van der Waals surface area contributed by atoms with E-state index in [9.17, 15) is 4.79 Å². The predicted octanol–water partition coefficient (Wildman–Crippen LogP) is 2.67. The Morgan fingerprint density at radius 1 is 1.45 bits per heavy atom. The van der Waals surface area contributed by atoms with Gasteiger partial charge < -0.3 is 10.1 Å². The number of carbonyl (C=O) groups excluding carboxylic acids is 1. The molecule has 7 heteroatoms. The molecule has 0 fully saturated rings. The first kappa shape index (κ1) is 14.7. The van der Waals surface area contributed by atoms with Crippen LogP contribution >= 0.6 is 23.2 Å². The molecule has 1 aromatic heterocycles. The lowest BCUT2D eigenvalue weighted by Gasteiger charge is -2.10. The van der Waals surface area contributed by atoms with Crippen LogP contribution in [0.25, 0.3) is 0 Å². The molecule has 0 aliphatic carbocycles. The van der Waals surface area contributed by atoms with Gasteiger partial charge >= 0.3 is 0 Å². The number of halogens is 2. The smallest absolute Gasteiger partial charge is 0.255 e. The summed E-state index contributed by atoms with van der Waals surface area (Å²) in [7, 11) is 3.26. The minimum atomic E-state index is -0.290. The molecule has 1 amide bonds. The number of aryl methyl sites for hydroxylation is 1. The van der Waals surface area contributed by atoms with Gasteiger partial charge in [0.2, 0.25) is 0 Å². The second-order valence-electron chi connectivity index (χ2n) is 4.09. The zero-order chi connectivity index (χ0) is 14.7. The molecular formula is C13H13Cl2N3O2. The Kier molecular flexibility index (Phi) is 4.52. The quantitative estimate of drug-likeness (QED) is 0.944. The highest BCUT2D eigenvalue weighted by atomic mass is 35.5. The van der Waals surface area contributed by atoms with E-state index >= 15 is 0 Å². The molecule has 1 aromatic carbocycles. The van der Waals surface area contributed by atoms with Crippen molar-refractivity contribution in [1.29, 1.82) is 0 Å². The van der Waals surface area contributed by atoms with Gasteiger partial charge in [-0.1, -0.05) is 23.2 Å². The molecule has 0 saturated carbocycles. The number of nitrogens with one attached hydrogen (secondary N) is 1. The molecule has 0 atom stereocenters. The van der Waals surface area contributed by atoms with Gasteiger partial charge in [-0.15, -0.1) is 0 Å². The van der Waals surface area contributed by atoms with Crippen LogP contribution in [0.15, 0.2) is 24.4 Å². The zero-order valence-electron chi connectivity index (χ0n) is 11.0. The van der Waals surface area contributed by atoms with Crippen molar-refractivity contribution >= 4 is 29.1 Å². The van der Waals surface area contributed by atoms with Crippen molar-refractivity contribution in [3.8, 4) is 5.75 Å². The second-order valence-corrected chi connectivity index (χ2v) is 4.93. The lowest BCUT2D eigenvalue weighted by atomic mass is 10.2. The van der Waals surface area contributed by atoms with Crippen LogP contribution < -0.4 is 10.1 Å². The Labute approximate surface area is 126 Å². The maximum atomic E-state index is 12.2. The molecule has 1 heterocycles. The largest absolute Gasteiger partial charge is 0.496 e. The summed E-state index contributed by atoms with van der Waals surface area (Å²) in [4.78, 5) is 12.2. The molecule has 0 aliphatic rings. The van der Waals surface area contributed by atoms with Gasteiger partial charge in [-0.05, 0) is 18.2 Å². The van der Waals surface area contributed by atoms with Crippen molar-refractivity contribution in [3.05, 3.63) is 45.7 Å². The van der Waals surface area contributed by atoms with E-state index in [-0.39, 0.29) is 12.5 Å². The average Bonchev–Trinajstić information content (AvgIpc) is 2.75. The Balaban J connectivity index is 2.15. The van der Waals surface area contributed by atoms with Gasteiger partial charge in [-0.25, -0.2) is 0 Å². The van der Waals surface area contributed by atoms with Gasteiger partial charge in [0, 0.05) is 12.1 Å². The Hall–Kier alpha value is -1.72. The zero-order valence-corrected chi connectivity index (χ0v) is 12.5. The van der Waals surface area contributed by atoms with Crippen LogP contribution in [0.5, 0.6) is 5.75 Å². The van der Waals surface area contributed by atoms with Crippen LogP contribution in [0.2, 0.25) is 10.0 Å². The number of methoxy groups -OCH3 is 1. The van der Waals surface area contributed by atoms with Crippen LogP contribution in [0.1, 0.15) is 16.1 Å². The fourth-order valence-electron chi connectivity index (χ4n) is 1.75. The third-order valence-corrected chi connectivity index (χ3v) is 3.38. The Morgan fingerprint density at radius 2 is 2.20 bits per heavy atom. The van der Waals surface area contributed by atoms with Gasteiger partial charge in [-0.3, -0.25) is 9.48 Å². The van der Waals surface area contributed by atoms with Gasteiger partial charge in [0.05, 0.1) is 36.1 Å². The first-order valence-corrected chi connectivity index (χ1v) is 6.56. The Morgan fingerprint density at radius 3 is 2.80 bits per heavy atom. The lowest BCUT2D eigenvalue weighted by molar-refractivity contribution is 0.0947. The highest BCUT2D eigenvalue weighted by molar-refractivity contribution is 6.31. The van der Waals surface area contributed by atoms with Crippen molar-refractivity contribution in [2.45, 2.75) is 6.54 Å². The summed E-state index contributed by atoms with van der Waals surface area (Å²) in [6, 6.07) is 4.87. The van der Waals surface area contributed by atoms with Crippen LogP contribution in [0.3, 0.4) is 0 Å². The van der Waals surface area contributed by atoms with Crippen LogP contribution in [0, 0.1) is 0 Å². The number of benzene rings is 1. The molecule has 0 radical (unpaired) electrons. The number of carbonyl (C=O) groups is 1. The van der Waals surface area contributed by atoms with Crippen LogP contribution in [-0.2, 0) is 13.6 Å². The molecule has 0 saturated heterocycles. The summed E-state index contributed by atoms with van der Waals surface area (Å²) in [6.07, 6.45) is 1.53. The average molecular weight is 314 g/mol. The highest BCUT2D eigenvalue weighted by Crippen LogP contribution is 2.22. The van der Waals surface area contributed by atoms with E-state index in [1.54, 1.807) is 29.9 Å². The second kappa shape index (κ2) is 6.15. The summed E-state index contributed by atoms with van der Waals surface area (Å²) < 4.78 is 6.75. The number of hydrogen-bond acceptors (Lipinski definition) is 3. The van der Waals surface area contributed by atoms with Crippen LogP contribution in [-0.4, -0.2) is 22.8 Å². The van der Waals surface area contributed by atoms with Crippen molar-refractivity contribution < 1.29 is 9.53 Å². The summed E-state index contributed by atoms with van der Waals surface area (Å²) in [5.41, 5.74) is 1.10. The first-order chi connectivity index (χ1) is 9.52. The standard InChI is InChI=1S/C13H13Cl2N3O2/c1-18-11(10(15)6-17-18)7-16-13(19)9-5-8(14)3-4-12(9)20-2/h3-6H,7H2,1-2H3,(H,16,19). The summed E-state index contributed by atoms with van der Waals surface area (Å²) in [6.45, 7) is 0.268. The van der Waals surface area contributed by atoms with Gasteiger partial charge in [-0.2, -0.15) is 5.10 Å². The van der Waals surface area contributed by atoms with Crippen molar-refractivity contribution in [3.63, 3.8) is 0 Å². The molecule has 106 valence electrons. The minimum Gasteiger partial charge on any atom is -0.496 e. The molecule has 2 rings (SSSR count). The van der Waals surface area contributed by atoms with Crippen molar-refractivity contribution in [2.75, 3.05) is 7.11 Å². The summed E-state index contributed by atoms with van der Waals surface area (Å²) in [5.74, 6) is 0.171. The van der Waals surface area contributed by atoms with E-state index in [0.717, 1.165) is 5.69 Å². The number of hydrogen-bond donors (Lipinski definition) is 1. The van der Waals surface area contributed by atoms with Gasteiger partial charge in [0.15, 0.2) is 0 Å². The molecule has 0 bridgehead atoms. The number of amides is 1. The maximum absolute atomic E-state index is 12.2. The molecule has 1 N–H and O–H groups in total. The third kappa shape index (κ3) is 3.05. The maximum Gasteiger partial charge on any atom is 0.255 e. The molecule has 0 unspecified atom stereocenters. The van der Waals surface area contributed by atoms with E-state index in [2.05, 4.69) is 10.4 Å². The minimum absolute atomic E-state index is 0.268. The molecule has 0 spiro atoms. The Bertz CT molecular complexity index is 621. The van der Waals surface area contributed by atoms with E-state index in [0.29, 0.717) is 21.4 Å². The lowest BCUT2D eigenvalue weighted by Crippen LogP contribution is -2.24. The van der Waals surface area contributed by atoms with Crippen molar-refractivity contribution in [2.24, 2.45) is 7.05 Å². The molecule has 0 aliphatic heterocycles. The molecule has 20 heavy (non-hydrogen) atoms. The fourth-order valence-corrected chi connectivity index (χ4v) is 2.16. The highest BCUT2D eigenvalue weighted by Gasteiger charge is 2.14. The number of nitrogens with zero attached hydrogens (tertiary/aromatic N) is 2. The van der Waals surface area contributed by atoms with Crippen molar-refractivity contribution in [1.82, 2.24) is 15.1 Å². The summed E-state index contributed by atoms with van der Waals surface area (Å²) >= 11 is 11.9. The van der Waals surface area contributed by atoms with Gasteiger partial charge in [0.1, 0.15) is 5.75 Å². The summed E-state index contributed by atoms with van der Waals surface area (Å²) in [5, 5.41) is 7.74. The number of ether oxygens (including phenoxy) is 1. The molecular weight excluding hydrogens is 301 g/mol. The molecule has 5 nitrogen and oxygen atoms in total. The van der Waals surface area contributed by atoms with E-state index < -0.39 is 0 Å². The third-order valence-electron chi connectivity index (χ3n) is 2.83. The number of aromatic nitrogens is 2. The number of rotatable bonds is 4.